The molecule has 0 aliphatic rings. The van der Waals surface area contributed by atoms with Gasteiger partial charge < -0.3 is 0 Å². The molecule has 0 amide bonds. The molecule has 12 heavy (non-hydrogen) atoms. The Bertz CT molecular complexity index is 138. The van der Waals surface area contributed by atoms with E-state index in [9.17, 15) is 13.2 Å². The molecule has 0 spiro atoms. The molecule has 0 atom stereocenters. The van der Waals surface area contributed by atoms with Gasteiger partial charge in [-0.05, 0) is 6.04 Å². The lowest BCUT2D eigenvalue weighted by molar-refractivity contribution is -0.130. The maximum Gasteiger partial charge on any atom is 0.388 e. The Morgan fingerprint density at radius 2 is 1.58 bits per heavy atom. The molecule has 0 fully saturated rings. The molecule has 0 N–H and O–H groups in total. The van der Waals surface area contributed by atoms with Crippen molar-refractivity contribution in [2.45, 2.75) is 51.1 Å². The van der Waals surface area contributed by atoms with Crippen molar-refractivity contribution in [1.29, 1.82) is 0 Å². The molecule has 0 heterocycles. The number of hydrogen-bond donors (Lipinski definition) is 0. The molecular weight excluding hydrogens is 181 g/mol. The second-order valence-electron chi connectivity index (χ2n) is 4.26. The van der Waals surface area contributed by atoms with Crippen LogP contribution in [0.4, 0.5) is 13.2 Å². The molecule has 0 aliphatic carbocycles. The fourth-order valence-corrected chi connectivity index (χ4v) is 2.26. The summed E-state index contributed by atoms with van der Waals surface area (Å²) in [6, 6.07) is 0.355. The van der Waals surface area contributed by atoms with Crippen LogP contribution in [-0.2, 0) is 0 Å². The van der Waals surface area contributed by atoms with Crippen LogP contribution >= 0.6 is 0 Å². The van der Waals surface area contributed by atoms with E-state index in [0.29, 0.717) is 11.6 Å². The largest absolute Gasteiger partial charge is 0.388 e. The van der Waals surface area contributed by atoms with Crippen LogP contribution in [0.25, 0.3) is 0 Å². The predicted molar refractivity (Wildman–Crippen MR) is 48.1 cm³/mol. The molecule has 0 aromatic heterocycles. The number of halogens is 3. The topological polar surface area (TPSA) is 0 Å². The molecule has 0 unspecified atom stereocenters. The zero-order chi connectivity index (χ0) is 9.99. The van der Waals surface area contributed by atoms with Gasteiger partial charge in [0.15, 0.2) is 0 Å². The van der Waals surface area contributed by atoms with Gasteiger partial charge in [0.1, 0.15) is 0 Å². The van der Waals surface area contributed by atoms with Gasteiger partial charge in [-0.1, -0.05) is 32.5 Å². The quantitative estimate of drug-likeness (QED) is 0.600. The maximum absolute atomic E-state index is 11.9. The van der Waals surface area contributed by atoms with Crippen molar-refractivity contribution >= 4 is 8.07 Å². The van der Waals surface area contributed by atoms with Gasteiger partial charge in [0.05, 0.1) is 8.07 Å². The van der Waals surface area contributed by atoms with Crippen molar-refractivity contribution in [2.24, 2.45) is 0 Å². The van der Waals surface area contributed by atoms with Gasteiger partial charge in [0.25, 0.3) is 0 Å². The van der Waals surface area contributed by atoms with Crippen molar-refractivity contribution < 1.29 is 13.2 Å². The number of hydrogen-bond acceptors (Lipinski definition) is 0. The first-order valence-electron chi connectivity index (χ1n) is 4.22. The molecule has 74 valence electrons. The average molecular weight is 198 g/mol. The smallest absolute Gasteiger partial charge is 0.171 e. The van der Waals surface area contributed by atoms with E-state index in [2.05, 4.69) is 0 Å². The molecular formula is C8H17F3Si. The Kier molecular flexibility index (Phi) is 3.81. The molecule has 0 bridgehead atoms. The van der Waals surface area contributed by atoms with E-state index >= 15 is 0 Å². The summed E-state index contributed by atoms with van der Waals surface area (Å²) in [6.45, 7) is 8.07. The first-order valence-corrected chi connectivity index (χ1v) is 7.50. The Morgan fingerprint density at radius 1 is 1.17 bits per heavy atom. The highest BCUT2D eigenvalue weighted by Gasteiger charge is 2.33. The van der Waals surface area contributed by atoms with E-state index in [1.54, 1.807) is 0 Å². The zero-order valence-corrected chi connectivity index (χ0v) is 9.13. The van der Waals surface area contributed by atoms with Crippen LogP contribution in [0.1, 0.15) is 20.3 Å². The highest BCUT2D eigenvalue weighted by atomic mass is 28.3. The Hall–Kier alpha value is 0.00688. The lowest BCUT2D eigenvalue weighted by atomic mass is 10.5. The number of rotatable bonds is 3. The normalized spacial score (nSPS) is 14.0. The van der Waals surface area contributed by atoms with E-state index in [-0.39, 0.29) is 0 Å². The van der Waals surface area contributed by atoms with Crippen LogP contribution in [0.5, 0.6) is 0 Å². The summed E-state index contributed by atoms with van der Waals surface area (Å²) in [5.41, 5.74) is 0.430. The fraction of sp³-hybridized carbons (Fsp3) is 1.00. The zero-order valence-electron chi connectivity index (χ0n) is 8.13. The molecule has 0 nitrogen and oxygen atoms in total. The van der Waals surface area contributed by atoms with E-state index in [0.717, 1.165) is 0 Å². The van der Waals surface area contributed by atoms with Crippen molar-refractivity contribution in [3.63, 3.8) is 0 Å². The summed E-state index contributed by atoms with van der Waals surface area (Å²) in [4.78, 5) is 0. The predicted octanol–water partition coefficient (Wildman–Crippen LogP) is 4.06. The third kappa shape index (κ3) is 4.80. The minimum absolute atomic E-state index is 0.355. The van der Waals surface area contributed by atoms with E-state index in [1.807, 2.05) is 26.9 Å². The highest BCUT2D eigenvalue weighted by Crippen LogP contribution is 2.31. The van der Waals surface area contributed by atoms with Crippen LogP contribution in [0.2, 0.25) is 24.7 Å². The first-order chi connectivity index (χ1) is 5.15. The molecule has 0 aliphatic heterocycles. The molecule has 4 heteroatoms. The molecule has 0 rings (SSSR count). The van der Waals surface area contributed by atoms with Crippen molar-refractivity contribution in [1.82, 2.24) is 0 Å². The van der Waals surface area contributed by atoms with Crippen LogP contribution in [0, 0.1) is 0 Å². The minimum atomic E-state index is -3.97. The van der Waals surface area contributed by atoms with Crippen LogP contribution in [0.15, 0.2) is 0 Å². The maximum atomic E-state index is 11.9. The number of alkyl halides is 3. The van der Waals surface area contributed by atoms with Gasteiger partial charge in [0.2, 0.25) is 0 Å². The van der Waals surface area contributed by atoms with Gasteiger partial charge in [0, 0.05) is 6.42 Å². The fourth-order valence-electron chi connectivity index (χ4n) is 0.753. The van der Waals surface area contributed by atoms with E-state index < -0.39 is 20.7 Å². The standard InChI is InChI=1S/C8H17F3Si/c1-7(2)12(3,4)6-5-8(9,10)11/h7H,5-6H2,1-4H3. The second kappa shape index (κ2) is 3.81. The monoisotopic (exact) mass is 198 g/mol. The highest BCUT2D eigenvalue weighted by molar-refractivity contribution is 6.78. The third-order valence-electron chi connectivity index (χ3n) is 2.62. The summed E-state index contributed by atoms with van der Waals surface area (Å²) in [6.07, 6.45) is -4.58. The molecule has 0 radical (unpaired) electrons. The Morgan fingerprint density at radius 3 is 1.83 bits per heavy atom. The van der Waals surface area contributed by atoms with Crippen LogP contribution in [0.3, 0.4) is 0 Å². The average Bonchev–Trinajstić information content (AvgIpc) is 1.82. The van der Waals surface area contributed by atoms with Crippen LogP contribution in [-0.4, -0.2) is 14.3 Å². The first kappa shape index (κ1) is 12.0. The molecule has 0 saturated carbocycles. The summed E-state index contributed by atoms with van der Waals surface area (Å²) in [5.74, 6) is 0. The van der Waals surface area contributed by atoms with Crippen molar-refractivity contribution in [3.05, 3.63) is 0 Å². The van der Waals surface area contributed by atoms with Crippen LogP contribution < -0.4 is 0 Å². The summed E-state index contributed by atoms with van der Waals surface area (Å²) >= 11 is 0. The Balaban J connectivity index is 3.93. The lowest BCUT2D eigenvalue weighted by Gasteiger charge is -2.27. The van der Waals surface area contributed by atoms with E-state index in [1.165, 1.54) is 0 Å². The van der Waals surface area contributed by atoms with Gasteiger partial charge in [-0.2, -0.15) is 13.2 Å². The van der Waals surface area contributed by atoms with Crippen molar-refractivity contribution in [3.8, 4) is 0 Å². The molecule has 0 aromatic rings. The SMILES string of the molecule is CC(C)[Si](C)(C)CCC(F)(F)F. The molecule has 0 aromatic carbocycles. The van der Waals surface area contributed by atoms with Gasteiger partial charge >= 0.3 is 6.18 Å². The molecule has 0 saturated heterocycles. The minimum Gasteiger partial charge on any atom is -0.171 e. The summed E-state index contributed by atoms with van der Waals surface area (Å²) in [7, 11) is -1.61. The van der Waals surface area contributed by atoms with Crippen molar-refractivity contribution in [2.75, 3.05) is 0 Å². The van der Waals surface area contributed by atoms with Gasteiger partial charge in [-0.25, -0.2) is 0 Å². The summed E-state index contributed by atoms with van der Waals surface area (Å²) < 4.78 is 35.6. The van der Waals surface area contributed by atoms with Gasteiger partial charge in [-0.3, -0.25) is 0 Å². The summed E-state index contributed by atoms with van der Waals surface area (Å²) in [5, 5.41) is 0. The van der Waals surface area contributed by atoms with E-state index in [4.69, 9.17) is 0 Å². The van der Waals surface area contributed by atoms with Gasteiger partial charge in [-0.15, -0.1) is 0 Å². The Labute approximate surface area is 73.2 Å². The third-order valence-corrected chi connectivity index (χ3v) is 7.28. The second-order valence-corrected chi connectivity index (χ2v) is 9.89. The lowest BCUT2D eigenvalue weighted by Crippen LogP contribution is -2.31.